The van der Waals surface area contributed by atoms with Crippen molar-refractivity contribution in [3.8, 4) is 0 Å². The fourth-order valence-electron chi connectivity index (χ4n) is 2.95. The van der Waals surface area contributed by atoms with Gasteiger partial charge in [-0.2, -0.15) is 0 Å². The highest BCUT2D eigenvalue weighted by Gasteiger charge is 2.31. The lowest BCUT2D eigenvalue weighted by Gasteiger charge is -2.22. The third kappa shape index (κ3) is 1.90. The Labute approximate surface area is 106 Å². The molecule has 2 aromatic rings. The molecule has 3 rings (SSSR count). The number of imidazole rings is 1. The van der Waals surface area contributed by atoms with Gasteiger partial charge in [-0.15, -0.1) is 0 Å². The second-order valence-corrected chi connectivity index (χ2v) is 5.47. The molecule has 0 radical (unpaired) electrons. The van der Waals surface area contributed by atoms with E-state index in [1.165, 1.54) is 25.0 Å². The summed E-state index contributed by atoms with van der Waals surface area (Å²) in [6.07, 6.45) is 5.30. The summed E-state index contributed by atoms with van der Waals surface area (Å²) in [6, 6.07) is 4.73. The van der Waals surface area contributed by atoms with Gasteiger partial charge in [0.05, 0.1) is 11.0 Å². The lowest BCUT2D eigenvalue weighted by molar-refractivity contribution is 0.422. The molecule has 4 heteroatoms. The number of benzene rings is 1. The van der Waals surface area contributed by atoms with Crippen LogP contribution in [0, 0.1) is 5.82 Å². The largest absolute Gasteiger partial charge is 0.331 e. The third-order valence-corrected chi connectivity index (χ3v) is 4.05. The number of halogens is 1. The van der Waals surface area contributed by atoms with Crippen LogP contribution in [0.4, 0.5) is 4.39 Å². The highest BCUT2D eigenvalue weighted by molar-refractivity contribution is 5.76. The van der Waals surface area contributed by atoms with E-state index >= 15 is 0 Å². The van der Waals surface area contributed by atoms with E-state index in [1.807, 2.05) is 11.6 Å². The Hall–Kier alpha value is -1.42. The minimum Gasteiger partial charge on any atom is -0.331 e. The van der Waals surface area contributed by atoms with Gasteiger partial charge in [-0.1, -0.05) is 12.8 Å². The van der Waals surface area contributed by atoms with Gasteiger partial charge in [0.15, 0.2) is 0 Å². The molecule has 1 heterocycles. The lowest BCUT2D eigenvalue weighted by Crippen LogP contribution is -2.39. The van der Waals surface area contributed by atoms with Crippen LogP contribution in [0.3, 0.4) is 0 Å². The van der Waals surface area contributed by atoms with Crippen molar-refractivity contribution in [1.29, 1.82) is 0 Å². The van der Waals surface area contributed by atoms with Crippen molar-refractivity contribution < 1.29 is 4.39 Å². The molecule has 3 nitrogen and oxygen atoms in total. The summed E-state index contributed by atoms with van der Waals surface area (Å²) in [4.78, 5) is 4.52. The summed E-state index contributed by atoms with van der Waals surface area (Å²) in [5.74, 6) is 0.718. The van der Waals surface area contributed by atoms with Crippen LogP contribution in [0.2, 0.25) is 0 Å². The predicted molar refractivity (Wildman–Crippen MR) is 69.8 cm³/mol. The van der Waals surface area contributed by atoms with Crippen LogP contribution in [-0.2, 0) is 13.5 Å². The van der Waals surface area contributed by atoms with Gasteiger partial charge in [-0.05, 0) is 25.0 Å². The van der Waals surface area contributed by atoms with Gasteiger partial charge in [-0.3, -0.25) is 0 Å². The molecule has 1 fully saturated rings. The van der Waals surface area contributed by atoms with E-state index in [2.05, 4.69) is 4.98 Å². The Morgan fingerprint density at radius 3 is 2.83 bits per heavy atom. The van der Waals surface area contributed by atoms with Crippen molar-refractivity contribution in [3.05, 3.63) is 29.8 Å². The van der Waals surface area contributed by atoms with Gasteiger partial charge in [0.25, 0.3) is 0 Å². The molecule has 18 heavy (non-hydrogen) atoms. The van der Waals surface area contributed by atoms with Crippen LogP contribution >= 0.6 is 0 Å². The monoisotopic (exact) mass is 247 g/mol. The molecule has 0 spiro atoms. The maximum atomic E-state index is 13.2. The van der Waals surface area contributed by atoms with E-state index in [4.69, 9.17) is 5.73 Å². The summed E-state index contributed by atoms with van der Waals surface area (Å²) in [5.41, 5.74) is 7.95. The zero-order valence-electron chi connectivity index (χ0n) is 10.6. The van der Waals surface area contributed by atoms with Gasteiger partial charge in [0.1, 0.15) is 11.6 Å². The molecule has 0 atom stereocenters. The normalized spacial score (nSPS) is 18.6. The molecule has 0 amide bonds. The third-order valence-electron chi connectivity index (χ3n) is 4.05. The van der Waals surface area contributed by atoms with E-state index in [-0.39, 0.29) is 11.4 Å². The van der Waals surface area contributed by atoms with E-state index in [0.29, 0.717) is 5.52 Å². The van der Waals surface area contributed by atoms with Gasteiger partial charge in [0.2, 0.25) is 0 Å². The summed E-state index contributed by atoms with van der Waals surface area (Å²) in [6.45, 7) is 0. The van der Waals surface area contributed by atoms with Gasteiger partial charge >= 0.3 is 0 Å². The first-order valence-corrected chi connectivity index (χ1v) is 6.47. The highest BCUT2D eigenvalue weighted by atomic mass is 19.1. The molecule has 0 aliphatic heterocycles. The van der Waals surface area contributed by atoms with E-state index in [1.54, 1.807) is 6.07 Å². The number of fused-ring (bicyclic) bond motifs is 1. The first-order valence-electron chi connectivity index (χ1n) is 6.47. The Morgan fingerprint density at radius 2 is 2.11 bits per heavy atom. The minimum absolute atomic E-state index is 0.117. The first-order chi connectivity index (χ1) is 8.57. The Bertz CT molecular complexity index is 582. The summed E-state index contributed by atoms with van der Waals surface area (Å²) < 4.78 is 15.2. The number of aryl methyl sites for hydroxylation is 1. The van der Waals surface area contributed by atoms with Gasteiger partial charge in [0, 0.05) is 25.1 Å². The molecule has 1 aromatic heterocycles. The zero-order valence-corrected chi connectivity index (χ0v) is 10.6. The van der Waals surface area contributed by atoms with Crippen molar-refractivity contribution in [2.24, 2.45) is 12.8 Å². The lowest BCUT2D eigenvalue weighted by atomic mass is 9.94. The maximum absolute atomic E-state index is 13.2. The molecule has 1 aliphatic rings. The van der Waals surface area contributed by atoms with Crippen LogP contribution in [0.1, 0.15) is 31.5 Å². The molecule has 0 bridgehead atoms. The second kappa shape index (κ2) is 4.05. The summed E-state index contributed by atoms with van der Waals surface area (Å²) in [5, 5.41) is 0. The number of aromatic nitrogens is 2. The first kappa shape index (κ1) is 11.7. The van der Waals surface area contributed by atoms with Crippen molar-refractivity contribution in [2.45, 2.75) is 37.6 Å². The maximum Gasteiger partial charge on any atom is 0.125 e. The molecule has 1 aliphatic carbocycles. The van der Waals surface area contributed by atoms with E-state index in [9.17, 15) is 4.39 Å². The molecule has 0 saturated heterocycles. The van der Waals surface area contributed by atoms with Crippen LogP contribution in [0.15, 0.2) is 18.2 Å². The number of nitrogens with two attached hydrogens (primary N) is 1. The highest BCUT2D eigenvalue weighted by Crippen LogP contribution is 2.30. The Kier molecular flexibility index (Phi) is 2.63. The van der Waals surface area contributed by atoms with E-state index < -0.39 is 0 Å². The standard InChI is InChI=1S/C14H18FN3/c1-18-12-5-4-10(15)8-11(12)17-13(18)9-14(16)6-2-3-7-14/h4-5,8H,2-3,6-7,9,16H2,1H3. The van der Waals surface area contributed by atoms with Crippen LogP contribution in [-0.4, -0.2) is 15.1 Å². The number of rotatable bonds is 2. The van der Waals surface area contributed by atoms with Crippen molar-refractivity contribution in [1.82, 2.24) is 9.55 Å². The molecule has 1 saturated carbocycles. The Balaban J connectivity index is 1.99. The van der Waals surface area contributed by atoms with Crippen LogP contribution < -0.4 is 5.73 Å². The molecular formula is C14H18FN3. The fraction of sp³-hybridized carbons (Fsp3) is 0.500. The molecule has 96 valence electrons. The average Bonchev–Trinajstić information content (AvgIpc) is 2.85. The molecule has 2 N–H and O–H groups in total. The van der Waals surface area contributed by atoms with Crippen molar-refractivity contribution in [2.75, 3.05) is 0 Å². The number of hydrogen-bond donors (Lipinski definition) is 1. The number of nitrogens with zero attached hydrogens (tertiary/aromatic N) is 2. The molecule has 0 unspecified atom stereocenters. The second-order valence-electron chi connectivity index (χ2n) is 5.47. The Morgan fingerprint density at radius 1 is 1.39 bits per heavy atom. The quantitative estimate of drug-likeness (QED) is 0.886. The van der Waals surface area contributed by atoms with Crippen molar-refractivity contribution >= 4 is 11.0 Å². The number of hydrogen-bond acceptors (Lipinski definition) is 2. The van der Waals surface area contributed by atoms with E-state index in [0.717, 1.165) is 30.6 Å². The zero-order chi connectivity index (χ0) is 12.8. The minimum atomic E-state index is -0.240. The average molecular weight is 247 g/mol. The summed E-state index contributed by atoms with van der Waals surface area (Å²) in [7, 11) is 1.97. The smallest absolute Gasteiger partial charge is 0.125 e. The van der Waals surface area contributed by atoms with Crippen molar-refractivity contribution in [3.63, 3.8) is 0 Å². The fourth-order valence-corrected chi connectivity index (χ4v) is 2.95. The molecule has 1 aromatic carbocycles. The predicted octanol–water partition coefficient (Wildman–Crippen LogP) is 2.53. The van der Waals surface area contributed by atoms with Crippen LogP contribution in [0.5, 0.6) is 0 Å². The van der Waals surface area contributed by atoms with Gasteiger partial charge < -0.3 is 10.3 Å². The summed E-state index contributed by atoms with van der Waals surface area (Å²) >= 11 is 0. The van der Waals surface area contributed by atoms with Crippen LogP contribution in [0.25, 0.3) is 11.0 Å². The SMILES string of the molecule is Cn1c(CC2(N)CCCC2)nc2cc(F)ccc21. The topological polar surface area (TPSA) is 43.8 Å². The van der Waals surface area contributed by atoms with Gasteiger partial charge in [-0.25, -0.2) is 9.37 Å². The molecular weight excluding hydrogens is 229 g/mol.